The maximum absolute atomic E-state index is 14.2. The van der Waals surface area contributed by atoms with Gasteiger partial charge in [0.1, 0.15) is 21.8 Å². The number of fused-ring (bicyclic) bond motifs is 5. The Morgan fingerprint density at radius 3 is 2.42 bits per heavy atom. The highest BCUT2D eigenvalue weighted by molar-refractivity contribution is 7.99. The van der Waals surface area contributed by atoms with Crippen LogP contribution in [-0.4, -0.2) is 23.9 Å². The van der Waals surface area contributed by atoms with Crippen LogP contribution in [0.25, 0.3) is 27.9 Å². The molecule has 0 saturated carbocycles. The van der Waals surface area contributed by atoms with E-state index in [1.54, 1.807) is 43.1 Å². The van der Waals surface area contributed by atoms with Crippen LogP contribution in [-0.2, 0) is 12.8 Å². The summed E-state index contributed by atoms with van der Waals surface area (Å²) in [4.78, 5) is 28.0. The van der Waals surface area contributed by atoms with E-state index in [0.29, 0.717) is 40.4 Å². The van der Waals surface area contributed by atoms with Gasteiger partial charge >= 0.3 is 5.63 Å². The van der Waals surface area contributed by atoms with Crippen LogP contribution < -0.4 is 20.7 Å². The molecule has 8 heteroatoms. The topological polar surface area (TPSA) is 90.9 Å². The van der Waals surface area contributed by atoms with E-state index in [0.717, 1.165) is 28.6 Å². The lowest BCUT2D eigenvalue weighted by molar-refractivity contribution is 0.409. The van der Waals surface area contributed by atoms with Crippen molar-refractivity contribution < 1.29 is 19.0 Å². The molecule has 5 aromatic rings. The summed E-state index contributed by atoms with van der Waals surface area (Å²) in [6.07, 6.45) is 1.12. The van der Waals surface area contributed by atoms with Crippen molar-refractivity contribution in [1.29, 1.82) is 0 Å². The van der Waals surface area contributed by atoms with E-state index >= 15 is 0 Å². The molecule has 1 aliphatic carbocycles. The molecule has 0 aliphatic heterocycles. The third kappa shape index (κ3) is 3.76. The lowest BCUT2D eigenvalue weighted by Crippen LogP contribution is -2.26. The van der Waals surface area contributed by atoms with Crippen molar-refractivity contribution in [2.45, 2.75) is 22.6 Å². The van der Waals surface area contributed by atoms with Gasteiger partial charge in [-0.1, -0.05) is 48.2 Å². The number of hydrogen-bond acceptors (Lipinski definition) is 7. The summed E-state index contributed by atoms with van der Waals surface area (Å²) in [7, 11) is 3.17. The number of ether oxygens (including phenoxy) is 2. The van der Waals surface area contributed by atoms with Crippen molar-refractivity contribution in [2.24, 2.45) is 0 Å². The largest absolute Gasteiger partial charge is 0.505 e. The molecule has 0 amide bonds. The van der Waals surface area contributed by atoms with E-state index in [1.807, 2.05) is 48.5 Å². The predicted octanol–water partition coefficient (Wildman–Crippen LogP) is 5.58. The van der Waals surface area contributed by atoms with Gasteiger partial charge in [-0.05, 0) is 49.2 Å². The minimum atomic E-state index is -0.710. The molecule has 0 radical (unpaired) electrons. The first-order valence-corrected chi connectivity index (χ1v) is 12.8. The SMILES string of the molecule is COc1cccc(Sc2c(O)c3c(=O)n(-c4ccccc4)c4c(c3oc2=O)CCc2c(OC)cccc2-4)c1. The number of para-hydroxylation sites is 1. The van der Waals surface area contributed by atoms with Crippen LogP contribution in [0.1, 0.15) is 11.1 Å². The Balaban J connectivity index is 1.68. The molecule has 0 bridgehead atoms. The molecule has 0 atom stereocenters. The molecule has 0 fully saturated rings. The second-order valence-electron chi connectivity index (χ2n) is 8.84. The van der Waals surface area contributed by atoms with Gasteiger partial charge in [-0.25, -0.2) is 4.79 Å². The Labute approximate surface area is 221 Å². The van der Waals surface area contributed by atoms with Crippen LogP contribution in [0.3, 0.4) is 0 Å². The van der Waals surface area contributed by atoms with Crippen LogP contribution in [0.15, 0.2) is 96.6 Å². The van der Waals surface area contributed by atoms with Crippen molar-refractivity contribution >= 4 is 22.7 Å². The molecule has 1 N–H and O–H groups in total. The first-order chi connectivity index (χ1) is 18.5. The average Bonchev–Trinajstić information content (AvgIpc) is 2.95. The molecule has 1 aliphatic rings. The van der Waals surface area contributed by atoms with E-state index in [1.165, 1.54) is 0 Å². The van der Waals surface area contributed by atoms with E-state index < -0.39 is 16.9 Å². The minimum absolute atomic E-state index is 0.0241. The lowest BCUT2D eigenvalue weighted by atomic mass is 9.87. The van der Waals surface area contributed by atoms with Gasteiger partial charge in [-0.15, -0.1) is 0 Å². The second kappa shape index (κ2) is 9.46. The molecule has 0 spiro atoms. The Hall–Kier alpha value is -4.43. The highest BCUT2D eigenvalue weighted by Crippen LogP contribution is 2.43. The van der Waals surface area contributed by atoms with Crippen molar-refractivity contribution in [3.05, 3.63) is 105 Å². The third-order valence-electron chi connectivity index (χ3n) is 6.77. The first kappa shape index (κ1) is 23.9. The predicted molar refractivity (Wildman–Crippen MR) is 146 cm³/mol. The Kier molecular flexibility index (Phi) is 5.96. The number of benzene rings is 3. The number of pyridine rings is 1. The first-order valence-electron chi connectivity index (χ1n) is 12.0. The maximum atomic E-state index is 14.2. The van der Waals surface area contributed by atoms with Crippen molar-refractivity contribution in [3.8, 4) is 34.2 Å². The summed E-state index contributed by atoms with van der Waals surface area (Å²) >= 11 is 1.03. The summed E-state index contributed by atoms with van der Waals surface area (Å²) < 4.78 is 18.3. The number of nitrogens with zero attached hydrogens (tertiary/aromatic N) is 1. The van der Waals surface area contributed by atoms with Crippen LogP contribution in [0.2, 0.25) is 0 Å². The van der Waals surface area contributed by atoms with Gasteiger partial charge in [0, 0.05) is 27.3 Å². The number of aromatic nitrogens is 1. The number of methoxy groups -OCH3 is 2. The fourth-order valence-electron chi connectivity index (χ4n) is 5.07. The summed E-state index contributed by atoms with van der Waals surface area (Å²) in [5, 5.41) is 11.4. The Bertz CT molecular complexity index is 1820. The van der Waals surface area contributed by atoms with Gasteiger partial charge in [-0.2, -0.15) is 0 Å². The van der Waals surface area contributed by atoms with Gasteiger partial charge in [0.05, 0.1) is 19.9 Å². The number of aryl methyl sites for hydroxylation is 1. The molecule has 2 aromatic heterocycles. The quantitative estimate of drug-likeness (QED) is 0.320. The molecule has 0 saturated heterocycles. The Morgan fingerprint density at radius 2 is 1.66 bits per heavy atom. The van der Waals surface area contributed by atoms with E-state index in [9.17, 15) is 14.7 Å². The molecule has 3 aromatic carbocycles. The molecular formula is C30H23NO6S. The standard InChI is InChI=1S/C30H23NO6S/c1-35-18-10-6-11-19(16-18)38-28-26(32)24-27(37-30(28)34)22-15-14-20-21(12-7-13-23(20)36-2)25(22)31(29(24)33)17-8-4-3-5-9-17/h3-13,16,32H,14-15H2,1-2H3. The van der Waals surface area contributed by atoms with Crippen LogP contribution in [0.5, 0.6) is 17.2 Å². The monoisotopic (exact) mass is 525 g/mol. The van der Waals surface area contributed by atoms with Crippen LogP contribution >= 0.6 is 11.8 Å². The van der Waals surface area contributed by atoms with E-state index in [2.05, 4.69) is 0 Å². The molecule has 6 rings (SSSR count). The van der Waals surface area contributed by atoms with E-state index in [4.69, 9.17) is 13.9 Å². The molecule has 190 valence electrons. The minimum Gasteiger partial charge on any atom is -0.505 e. The third-order valence-corrected chi connectivity index (χ3v) is 7.82. The van der Waals surface area contributed by atoms with Gasteiger partial charge in [-0.3, -0.25) is 9.36 Å². The van der Waals surface area contributed by atoms with Crippen molar-refractivity contribution in [1.82, 2.24) is 4.57 Å². The summed E-state index contributed by atoms with van der Waals surface area (Å²) in [6.45, 7) is 0. The van der Waals surface area contributed by atoms with Crippen molar-refractivity contribution in [2.75, 3.05) is 14.2 Å². The van der Waals surface area contributed by atoms with Gasteiger partial charge in [0.2, 0.25) is 0 Å². The van der Waals surface area contributed by atoms with Crippen LogP contribution in [0, 0.1) is 0 Å². The van der Waals surface area contributed by atoms with Gasteiger partial charge < -0.3 is 19.0 Å². The summed E-state index contributed by atoms with van der Waals surface area (Å²) in [5.74, 6) is 0.946. The fraction of sp³-hybridized carbons (Fsp3) is 0.133. The number of hydrogen-bond donors (Lipinski definition) is 1. The van der Waals surface area contributed by atoms with Gasteiger partial charge in [0.25, 0.3) is 5.56 Å². The molecule has 38 heavy (non-hydrogen) atoms. The smallest absolute Gasteiger partial charge is 0.354 e. The van der Waals surface area contributed by atoms with Crippen molar-refractivity contribution in [3.63, 3.8) is 0 Å². The molecular weight excluding hydrogens is 502 g/mol. The zero-order chi connectivity index (χ0) is 26.4. The summed E-state index contributed by atoms with van der Waals surface area (Å²) in [6, 6.07) is 22.0. The van der Waals surface area contributed by atoms with E-state index in [-0.39, 0.29) is 15.9 Å². The molecule has 2 heterocycles. The average molecular weight is 526 g/mol. The molecule has 0 unspecified atom stereocenters. The highest BCUT2D eigenvalue weighted by Gasteiger charge is 2.30. The zero-order valence-electron chi connectivity index (χ0n) is 20.7. The Morgan fingerprint density at radius 1 is 0.895 bits per heavy atom. The molecule has 7 nitrogen and oxygen atoms in total. The zero-order valence-corrected chi connectivity index (χ0v) is 21.5. The van der Waals surface area contributed by atoms with Crippen LogP contribution in [0.4, 0.5) is 0 Å². The van der Waals surface area contributed by atoms with Gasteiger partial charge in [0.15, 0.2) is 11.3 Å². The normalized spacial score (nSPS) is 12.2. The maximum Gasteiger partial charge on any atom is 0.354 e. The highest BCUT2D eigenvalue weighted by atomic mass is 32.2. The summed E-state index contributed by atoms with van der Waals surface area (Å²) in [5.41, 5.74) is 2.68. The fourth-order valence-corrected chi connectivity index (χ4v) is 5.95. The number of rotatable bonds is 5. The lowest BCUT2D eigenvalue weighted by Gasteiger charge is -2.26. The number of aromatic hydroxyl groups is 1. The second-order valence-corrected chi connectivity index (χ2v) is 9.93.